The van der Waals surface area contributed by atoms with Crippen molar-refractivity contribution >= 4 is 24.2 Å². The highest BCUT2D eigenvalue weighted by Gasteiger charge is 2.27. The molecular formula is C15H30ClN3O2. The molecule has 1 atom stereocenters. The molecule has 0 bridgehead atoms. The number of likely N-dealkylation sites (tertiary alicyclic amines) is 1. The number of piperidine rings is 1. The molecule has 1 saturated heterocycles. The Kier molecular flexibility index (Phi) is 11.4. The first-order chi connectivity index (χ1) is 9.69. The van der Waals surface area contributed by atoms with Gasteiger partial charge in [0.15, 0.2) is 0 Å². The van der Waals surface area contributed by atoms with Crippen molar-refractivity contribution in [3.63, 3.8) is 0 Å². The van der Waals surface area contributed by atoms with Gasteiger partial charge in [0.1, 0.15) is 0 Å². The Balaban J connectivity index is 0.00000400. The number of carbonyl (C=O) groups is 2. The average molecular weight is 320 g/mol. The maximum atomic E-state index is 12.1. The van der Waals surface area contributed by atoms with Crippen LogP contribution in [0.1, 0.15) is 46.0 Å². The summed E-state index contributed by atoms with van der Waals surface area (Å²) in [5, 5.41) is 6.22. The van der Waals surface area contributed by atoms with Crippen molar-refractivity contribution in [1.82, 2.24) is 15.5 Å². The lowest BCUT2D eigenvalue weighted by Crippen LogP contribution is -2.46. The van der Waals surface area contributed by atoms with Crippen molar-refractivity contribution in [3.8, 4) is 0 Å². The zero-order chi connectivity index (χ0) is 14.8. The van der Waals surface area contributed by atoms with Crippen LogP contribution in [0.25, 0.3) is 0 Å². The number of hydrogen-bond donors (Lipinski definition) is 2. The Morgan fingerprint density at radius 3 is 2.57 bits per heavy atom. The summed E-state index contributed by atoms with van der Waals surface area (Å²) in [4.78, 5) is 25.8. The summed E-state index contributed by atoms with van der Waals surface area (Å²) in [6.07, 6.45) is 4.39. The van der Waals surface area contributed by atoms with Gasteiger partial charge in [0.2, 0.25) is 11.8 Å². The number of rotatable bonds is 8. The van der Waals surface area contributed by atoms with Gasteiger partial charge in [-0.25, -0.2) is 0 Å². The van der Waals surface area contributed by atoms with E-state index >= 15 is 0 Å². The lowest BCUT2D eigenvalue weighted by Gasteiger charge is -2.32. The molecule has 0 aliphatic carbocycles. The molecule has 0 radical (unpaired) electrons. The summed E-state index contributed by atoms with van der Waals surface area (Å²) in [5.74, 6) is 0.252. The van der Waals surface area contributed by atoms with E-state index in [1.165, 1.54) is 0 Å². The molecule has 1 aliphatic rings. The largest absolute Gasteiger partial charge is 0.355 e. The molecule has 124 valence electrons. The normalized spacial score (nSPS) is 18.0. The molecule has 1 rings (SSSR count). The molecule has 1 aliphatic heterocycles. The number of amides is 2. The second kappa shape index (κ2) is 11.8. The van der Waals surface area contributed by atoms with Crippen LogP contribution in [-0.4, -0.2) is 49.4 Å². The molecule has 0 aromatic carbocycles. The van der Waals surface area contributed by atoms with Crippen LogP contribution in [-0.2, 0) is 9.59 Å². The predicted octanol–water partition coefficient (Wildman–Crippen LogP) is 1.56. The Labute approximate surface area is 134 Å². The van der Waals surface area contributed by atoms with Gasteiger partial charge < -0.3 is 15.5 Å². The van der Waals surface area contributed by atoms with E-state index in [0.717, 1.165) is 45.3 Å². The Bertz CT molecular complexity index is 313. The van der Waals surface area contributed by atoms with Crippen molar-refractivity contribution in [2.75, 3.05) is 32.7 Å². The molecular weight excluding hydrogens is 290 g/mol. The molecule has 6 heteroatoms. The molecule has 2 N–H and O–H groups in total. The van der Waals surface area contributed by atoms with Gasteiger partial charge in [0.05, 0.1) is 5.92 Å². The molecule has 1 unspecified atom stereocenters. The van der Waals surface area contributed by atoms with Gasteiger partial charge >= 0.3 is 0 Å². The van der Waals surface area contributed by atoms with Gasteiger partial charge in [-0.05, 0) is 32.2 Å². The van der Waals surface area contributed by atoms with Crippen LogP contribution in [0.5, 0.6) is 0 Å². The van der Waals surface area contributed by atoms with Crippen LogP contribution >= 0.6 is 12.4 Å². The van der Waals surface area contributed by atoms with Crippen molar-refractivity contribution in [1.29, 1.82) is 0 Å². The summed E-state index contributed by atoms with van der Waals surface area (Å²) in [5.41, 5.74) is 0. The lowest BCUT2D eigenvalue weighted by molar-refractivity contribution is -0.135. The smallest absolute Gasteiger partial charge is 0.224 e. The van der Waals surface area contributed by atoms with E-state index in [-0.39, 0.29) is 30.1 Å². The standard InChI is InChI=1S/C15H29N3O2.ClH/c1-3-6-14(19)18-11-5-7-13(12-18)15(20)17-10-9-16-8-4-2;/h13,16H,3-12H2,1-2H3,(H,17,20);1H. The van der Waals surface area contributed by atoms with Crippen LogP contribution in [0, 0.1) is 5.92 Å². The highest BCUT2D eigenvalue weighted by molar-refractivity contribution is 5.85. The summed E-state index contributed by atoms with van der Waals surface area (Å²) in [6, 6.07) is 0. The quantitative estimate of drug-likeness (QED) is 0.668. The van der Waals surface area contributed by atoms with Crippen LogP contribution < -0.4 is 10.6 Å². The molecule has 0 spiro atoms. The third-order valence-electron chi connectivity index (χ3n) is 3.64. The van der Waals surface area contributed by atoms with Crippen molar-refractivity contribution in [2.45, 2.75) is 46.0 Å². The molecule has 2 amide bonds. The zero-order valence-corrected chi connectivity index (χ0v) is 14.1. The first-order valence-corrected chi connectivity index (χ1v) is 7.95. The number of nitrogens with zero attached hydrogens (tertiary/aromatic N) is 1. The van der Waals surface area contributed by atoms with Crippen LogP contribution in [0.15, 0.2) is 0 Å². The van der Waals surface area contributed by atoms with E-state index in [2.05, 4.69) is 17.6 Å². The topological polar surface area (TPSA) is 61.4 Å². The van der Waals surface area contributed by atoms with Gasteiger partial charge in [-0.2, -0.15) is 0 Å². The van der Waals surface area contributed by atoms with Crippen LogP contribution in [0.4, 0.5) is 0 Å². The minimum Gasteiger partial charge on any atom is -0.355 e. The third kappa shape index (κ3) is 7.67. The van der Waals surface area contributed by atoms with Crippen molar-refractivity contribution in [3.05, 3.63) is 0 Å². The van der Waals surface area contributed by atoms with Gasteiger partial charge in [-0.15, -0.1) is 12.4 Å². The maximum Gasteiger partial charge on any atom is 0.224 e. The number of halogens is 1. The molecule has 0 aromatic rings. The number of nitrogens with one attached hydrogen (secondary N) is 2. The monoisotopic (exact) mass is 319 g/mol. The first kappa shape index (κ1) is 20.2. The maximum absolute atomic E-state index is 12.1. The Morgan fingerprint density at radius 1 is 1.14 bits per heavy atom. The minimum atomic E-state index is -0.0317. The van der Waals surface area contributed by atoms with Gasteiger partial charge in [0.25, 0.3) is 0 Å². The van der Waals surface area contributed by atoms with E-state index in [0.29, 0.717) is 19.5 Å². The molecule has 21 heavy (non-hydrogen) atoms. The summed E-state index contributed by atoms with van der Waals surface area (Å²) in [6.45, 7) is 7.99. The fraction of sp³-hybridized carbons (Fsp3) is 0.867. The predicted molar refractivity (Wildman–Crippen MR) is 87.6 cm³/mol. The summed E-state index contributed by atoms with van der Waals surface area (Å²) in [7, 11) is 0. The lowest BCUT2D eigenvalue weighted by atomic mass is 9.97. The summed E-state index contributed by atoms with van der Waals surface area (Å²) < 4.78 is 0. The fourth-order valence-corrected chi connectivity index (χ4v) is 2.51. The average Bonchev–Trinajstić information content (AvgIpc) is 2.47. The number of carbonyl (C=O) groups excluding carboxylic acids is 2. The SMILES string of the molecule is CCCNCCNC(=O)C1CCCN(C(=O)CCC)C1.Cl. The zero-order valence-electron chi connectivity index (χ0n) is 13.3. The van der Waals surface area contributed by atoms with E-state index in [9.17, 15) is 9.59 Å². The third-order valence-corrected chi connectivity index (χ3v) is 3.64. The van der Waals surface area contributed by atoms with E-state index in [4.69, 9.17) is 0 Å². The Hall–Kier alpha value is -0.810. The van der Waals surface area contributed by atoms with Crippen LogP contribution in [0.3, 0.4) is 0 Å². The summed E-state index contributed by atoms with van der Waals surface area (Å²) >= 11 is 0. The highest BCUT2D eigenvalue weighted by Crippen LogP contribution is 2.17. The second-order valence-corrected chi connectivity index (χ2v) is 5.47. The van der Waals surface area contributed by atoms with E-state index < -0.39 is 0 Å². The van der Waals surface area contributed by atoms with Gasteiger partial charge in [0, 0.05) is 32.6 Å². The van der Waals surface area contributed by atoms with E-state index in [1.807, 2.05) is 11.8 Å². The molecule has 0 aromatic heterocycles. The number of hydrogen-bond acceptors (Lipinski definition) is 3. The highest BCUT2D eigenvalue weighted by atomic mass is 35.5. The van der Waals surface area contributed by atoms with Crippen molar-refractivity contribution < 1.29 is 9.59 Å². The van der Waals surface area contributed by atoms with Crippen molar-refractivity contribution in [2.24, 2.45) is 5.92 Å². The molecule has 1 heterocycles. The van der Waals surface area contributed by atoms with E-state index in [1.54, 1.807) is 0 Å². The van der Waals surface area contributed by atoms with Crippen LogP contribution in [0.2, 0.25) is 0 Å². The minimum absolute atomic E-state index is 0. The van der Waals surface area contributed by atoms with Gasteiger partial charge in [-0.3, -0.25) is 9.59 Å². The Morgan fingerprint density at radius 2 is 1.90 bits per heavy atom. The van der Waals surface area contributed by atoms with Gasteiger partial charge in [-0.1, -0.05) is 13.8 Å². The molecule has 1 fully saturated rings. The molecule has 5 nitrogen and oxygen atoms in total. The fourth-order valence-electron chi connectivity index (χ4n) is 2.51. The first-order valence-electron chi connectivity index (χ1n) is 7.95. The second-order valence-electron chi connectivity index (χ2n) is 5.47. The molecule has 0 saturated carbocycles.